The van der Waals surface area contributed by atoms with E-state index >= 15 is 0 Å². The average molecular weight is 333 g/mol. The molecule has 0 amide bonds. The van der Waals surface area contributed by atoms with Gasteiger partial charge in [-0.15, -0.1) is 0 Å². The Labute approximate surface area is 147 Å². The molecule has 0 saturated carbocycles. The van der Waals surface area contributed by atoms with Crippen LogP contribution in [0.5, 0.6) is 17.5 Å². The van der Waals surface area contributed by atoms with Crippen LogP contribution < -0.4 is 9.47 Å². The third-order valence-corrected chi connectivity index (χ3v) is 4.03. The molecule has 1 aromatic heterocycles. The monoisotopic (exact) mass is 333 g/mol. The van der Waals surface area contributed by atoms with Gasteiger partial charge in [-0.05, 0) is 37.5 Å². The molecule has 0 fully saturated rings. The highest BCUT2D eigenvalue weighted by atomic mass is 16.5. The summed E-state index contributed by atoms with van der Waals surface area (Å²) < 4.78 is 11.9. The summed E-state index contributed by atoms with van der Waals surface area (Å²) in [5.41, 5.74) is 1.80. The van der Waals surface area contributed by atoms with Gasteiger partial charge in [-0.3, -0.25) is 0 Å². The van der Waals surface area contributed by atoms with Gasteiger partial charge in [0.15, 0.2) is 0 Å². The first-order valence-corrected chi connectivity index (χ1v) is 8.24. The number of nitrogens with zero attached hydrogens (tertiary/aromatic N) is 3. The predicted molar refractivity (Wildman–Crippen MR) is 94.2 cm³/mol. The molecular formula is C20H19N3O2. The molecule has 126 valence electrons. The smallest absolute Gasteiger partial charge is 0.229 e. The zero-order valence-corrected chi connectivity index (χ0v) is 14.3. The van der Waals surface area contributed by atoms with Crippen LogP contribution in [0.1, 0.15) is 24.5 Å². The third-order valence-electron chi connectivity index (χ3n) is 4.03. The van der Waals surface area contributed by atoms with E-state index in [1.54, 1.807) is 6.08 Å². The van der Waals surface area contributed by atoms with Crippen molar-refractivity contribution in [3.8, 4) is 23.6 Å². The quantitative estimate of drug-likeness (QED) is 0.805. The maximum atomic E-state index is 9.25. The number of nitriles is 1. The normalized spacial score (nSPS) is 16.0. The molecule has 1 aromatic carbocycles. The molecule has 1 heterocycles. The Morgan fingerprint density at radius 1 is 1.20 bits per heavy atom. The van der Waals surface area contributed by atoms with Gasteiger partial charge in [-0.25, -0.2) is 9.97 Å². The number of benzene rings is 1. The highest BCUT2D eigenvalue weighted by Crippen LogP contribution is 2.31. The molecular weight excluding hydrogens is 314 g/mol. The van der Waals surface area contributed by atoms with Crippen LogP contribution in [0.3, 0.4) is 0 Å². The van der Waals surface area contributed by atoms with Gasteiger partial charge in [0.2, 0.25) is 11.8 Å². The lowest BCUT2D eigenvalue weighted by atomic mass is 10.0. The third kappa shape index (κ3) is 3.69. The van der Waals surface area contributed by atoms with Crippen LogP contribution in [0.15, 0.2) is 54.6 Å². The number of aryl methyl sites for hydroxylation is 1. The summed E-state index contributed by atoms with van der Waals surface area (Å²) in [5.74, 6) is 1.91. The summed E-state index contributed by atoms with van der Waals surface area (Å²) in [6, 6.07) is 10.1. The molecule has 3 rings (SSSR count). The van der Waals surface area contributed by atoms with Crippen LogP contribution in [-0.2, 0) is 6.42 Å². The van der Waals surface area contributed by atoms with Crippen LogP contribution >= 0.6 is 0 Å². The molecule has 1 atom stereocenters. The maximum absolute atomic E-state index is 9.25. The van der Waals surface area contributed by atoms with Crippen molar-refractivity contribution in [3.63, 3.8) is 0 Å². The van der Waals surface area contributed by atoms with Gasteiger partial charge in [0, 0.05) is 0 Å². The molecule has 2 aromatic rings. The second kappa shape index (κ2) is 7.63. The van der Waals surface area contributed by atoms with Crippen molar-refractivity contribution in [2.24, 2.45) is 5.92 Å². The predicted octanol–water partition coefficient (Wildman–Crippen LogP) is 4.50. The molecule has 5 heteroatoms. The standard InChI is InChI=1S/C20H19N3O2/c1-3-15-8-4-6-10-17(15)24-19-14(2)20(23-13-22-19)25-18-11-7-5-9-16(18)12-21/h4-8,10-11,13,16H,3,9H2,1-2H3. The fraction of sp³-hybridized carbons (Fsp3) is 0.250. The van der Waals surface area contributed by atoms with Crippen molar-refractivity contribution < 1.29 is 9.47 Å². The molecule has 0 saturated heterocycles. The number of hydrogen-bond donors (Lipinski definition) is 0. The number of aromatic nitrogens is 2. The van der Waals surface area contributed by atoms with Gasteiger partial charge in [0.25, 0.3) is 0 Å². The van der Waals surface area contributed by atoms with Crippen LogP contribution in [-0.4, -0.2) is 9.97 Å². The Balaban J connectivity index is 1.87. The zero-order chi connectivity index (χ0) is 17.6. The van der Waals surface area contributed by atoms with Gasteiger partial charge in [0.05, 0.1) is 11.6 Å². The van der Waals surface area contributed by atoms with Crippen LogP contribution in [0.25, 0.3) is 0 Å². The number of ether oxygens (including phenoxy) is 2. The van der Waals surface area contributed by atoms with E-state index < -0.39 is 0 Å². The minimum atomic E-state index is -0.301. The number of allylic oxidation sites excluding steroid dienone is 4. The van der Waals surface area contributed by atoms with E-state index in [0.717, 1.165) is 17.7 Å². The fourth-order valence-electron chi connectivity index (χ4n) is 2.57. The Kier molecular flexibility index (Phi) is 5.10. The Morgan fingerprint density at radius 3 is 2.72 bits per heavy atom. The summed E-state index contributed by atoms with van der Waals surface area (Å²) in [4.78, 5) is 8.43. The van der Waals surface area contributed by atoms with Crippen molar-refractivity contribution >= 4 is 0 Å². The van der Waals surface area contributed by atoms with E-state index in [-0.39, 0.29) is 5.92 Å². The molecule has 0 bridgehead atoms. The number of hydrogen-bond acceptors (Lipinski definition) is 5. The second-order valence-electron chi connectivity index (χ2n) is 5.69. The lowest BCUT2D eigenvalue weighted by Crippen LogP contribution is -2.11. The van der Waals surface area contributed by atoms with E-state index in [4.69, 9.17) is 9.47 Å². The lowest BCUT2D eigenvalue weighted by Gasteiger charge is -2.17. The Bertz CT molecular complexity index is 865. The van der Waals surface area contributed by atoms with Gasteiger partial charge in [-0.2, -0.15) is 5.26 Å². The maximum Gasteiger partial charge on any atom is 0.229 e. The van der Waals surface area contributed by atoms with Crippen LogP contribution in [0.4, 0.5) is 0 Å². The highest BCUT2D eigenvalue weighted by molar-refractivity contribution is 5.41. The minimum Gasteiger partial charge on any atom is -0.441 e. The average Bonchev–Trinajstić information content (AvgIpc) is 2.66. The molecule has 0 N–H and O–H groups in total. The van der Waals surface area contributed by atoms with Crippen LogP contribution in [0.2, 0.25) is 0 Å². The van der Waals surface area contributed by atoms with Gasteiger partial charge >= 0.3 is 0 Å². The summed E-state index contributed by atoms with van der Waals surface area (Å²) in [6.07, 6.45) is 8.55. The molecule has 25 heavy (non-hydrogen) atoms. The largest absolute Gasteiger partial charge is 0.441 e. The Morgan fingerprint density at radius 2 is 1.96 bits per heavy atom. The first-order chi connectivity index (χ1) is 12.2. The summed E-state index contributed by atoms with van der Waals surface area (Å²) in [6.45, 7) is 3.93. The number of rotatable bonds is 5. The minimum absolute atomic E-state index is 0.301. The Hall–Kier alpha value is -3.13. The second-order valence-corrected chi connectivity index (χ2v) is 5.69. The van der Waals surface area contributed by atoms with Gasteiger partial charge in [0.1, 0.15) is 23.8 Å². The highest BCUT2D eigenvalue weighted by Gasteiger charge is 2.20. The van der Waals surface area contributed by atoms with E-state index in [1.807, 2.05) is 43.3 Å². The molecule has 0 spiro atoms. The van der Waals surface area contributed by atoms with Crippen LogP contribution in [0, 0.1) is 24.2 Å². The van der Waals surface area contributed by atoms with Crippen molar-refractivity contribution in [1.29, 1.82) is 5.26 Å². The first kappa shape index (κ1) is 16.7. The molecule has 1 unspecified atom stereocenters. The van der Waals surface area contributed by atoms with E-state index in [9.17, 15) is 5.26 Å². The summed E-state index contributed by atoms with van der Waals surface area (Å²) in [5, 5.41) is 9.25. The summed E-state index contributed by atoms with van der Waals surface area (Å²) in [7, 11) is 0. The van der Waals surface area contributed by atoms with Gasteiger partial charge < -0.3 is 9.47 Å². The molecule has 0 radical (unpaired) electrons. The first-order valence-electron chi connectivity index (χ1n) is 8.24. The van der Waals surface area contributed by atoms with E-state index in [1.165, 1.54) is 6.33 Å². The number of para-hydroxylation sites is 1. The van der Waals surface area contributed by atoms with Crippen molar-refractivity contribution in [2.45, 2.75) is 26.7 Å². The van der Waals surface area contributed by atoms with Gasteiger partial charge in [-0.1, -0.05) is 37.3 Å². The molecule has 5 nitrogen and oxygen atoms in total. The molecule has 0 aliphatic heterocycles. The van der Waals surface area contributed by atoms with E-state index in [2.05, 4.69) is 23.0 Å². The molecule has 1 aliphatic carbocycles. The van der Waals surface area contributed by atoms with E-state index in [0.29, 0.717) is 29.5 Å². The molecule has 1 aliphatic rings. The summed E-state index contributed by atoms with van der Waals surface area (Å²) >= 11 is 0. The van der Waals surface area contributed by atoms with Crippen molar-refractivity contribution in [3.05, 3.63) is 65.7 Å². The SMILES string of the molecule is CCc1ccccc1Oc1ncnc(OC2=CC=CCC2C#N)c1C. The van der Waals surface area contributed by atoms with Crippen molar-refractivity contribution in [1.82, 2.24) is 9.97 Å². The topological polar surface area (TPSA) is 68.0 Å². The van der Waals surface area contributed by atoms with Crippen molar-refractivity contribution in [2.75, 3.05) is 0 Å². The fourth-order valence-corrected chi connectivity index (χ4v) is 2.57. The lowest BCUT2D eigenvalue weighted by molar-refractivity contribution is 0.352. The zero-order valence-electron chi connectivity index (χ0n) is 14.3.